The summed E-state index contributed by atoms with van der Waals surface area (Å²) in [5, 5.41) is 9.14. The zero-order valence-electron chi connectivity index (χ0n) is 9.22. The molecule has 16 heavy (non-hydrogen) atoms. The van der Waals surface area contributed by atoms with E-state index < -0.39 is 0 Å². The van der Waals surface area contributed by atoms with E-state index in [2.05, 4.69) is 9.64 Å². The van der Waals surface area contributed by atoms with E-state index in [1.54, 1.807) is 12.1 Å². The Labute approximate surface area is 94.4 Å². The summed E-state index contributed by atoms with van der Waals surface area (Å²) >= 11 is 0. The minimum Gasteiger partial charge on any atom is -0.465 e. The van der Waals surface area contributed by atoms with Gasteiger partial charge in [-0.15, -0.1) is 0 Å². The number of methoxy groups -OCH3 is 1. The molecule has 1 aliphatic heterocycles. The summed E-state index contributed by atoms with van der Waals surface area (Å²) in [5.74, 6) is -0.314. The second-order valence-electron chi connectivity index (χ2n) is 4.04. The van der Waals surface area contributed by atoms with Crippen LogP contribution in [0.25, 0.3) is 0 Å². The van der Waals surface area contributed by atoms with Crippen LogP contribution in [0.3, 0.4) is 0 Å². The number of benzene rings is 1. The lowest BCUT2D eigenvalue weighted by molar-refractivity contribution is -0.00286. The lowest BCUT2D eigenvalue weighted by Crippen LogP contribution is -2.49. The van der Waals surface area contributed by atoms with Gasteiger partial charge in [-0.2, -0.15) is 0 Å². The van der Waals surface area contributed by atoms with Gasteiger partial charge in [-0.25, -0.2) is 4.79 Å². The molecule has 1 aromatic rings. The average Bonchev–Trinajstić information content (AvgIpc) is 2.27. The molecular formula is C12H15NO3. The molecule has 4 heteroatoms. The third-order valence-electron chi connectivity index (χ3n) is 2.72. The van der Waals surface area contributed by atoms with E-state index in [4.69, 9.17) is 5.11 Å². The lowest BCUT2D eigenvalue weighted by Gasteiger charge is -2.35. The molecule has 4 nitrogen and oxygen atoms in total. The Morgan fingerprint density at radius 2 is 2.06 bits per heavy atom. The number of β-amino-alcohol motifs (C(OH)–C–C–N with tert-alkyl or cyclic N) is 1. The van der Waals surface area contributed by atoms with Crippen LogP contribution in [-0.2, 0) is 11.3 Å². The molecule has 0 saturated carbocycles. The van der Waals surface area contributed by atoms with Gasteiger partial charge in [0.05, 0.1) is 18.8 Å². The second-order valence-corrected chi connectivity index (χ2v) is 4.04. The fraction of sp³-hybridized carbons (Fsp3) is 0.417. The third kappa shape index (κ3) is 2.40. The van der Waals surface area contributed by atoms with E-state index in [1.807, 2.05) is 12.1 Å². The van der Waals surface area contributed by atoms with E-state index >= 15 is 0 Å². The van der Waals surface area contributed by atoms with Crippen LogP contribution >= 0.6 is 0 Å². The van der Waals surface area contributed by atoms with Crippen molar-refractivity contribution >= 4 is 5.97 Å². The summed E-state index contributed by atoms with van der Waals surface area (Å²) in [6.07, 6.45) is -0.172. The van der Waals surface area contributed by atoms with Crippen LogP contribution in [0.1, 0.15) is 15.9 Å². The van der Waals surface area contributed by atoms with Gasteiger partial charge in [-0.3, -0.25) is 4.90 Å². The highest BCUT2D eigenvalue weighted by Gasteiger charge is 2.23. The molecular weight excluding hydrogens is 206 g/mol. The number of aliphatic hydroxyl groups is 1. The van der Waals surface area contributed by atoms with Crippen molar-refractivity contribution in [3.05, 3.63) is 35.4 Å². The van der Waals surface area contributed by atoms with Crippen LogP contribution in [0.15, 0.2) is 24.3 Å². The van der Waals surface area contributed by atoms with Gasteiger partial charge in [0.15, 0.2) is 0 Å². The number of ether oxygens (including phenoxy) is 1. The van der Waals surface area contributed by atoms with E-state index in [-0.39, 0.29) is 12.1 Å². The molecule has 0 radical (unpaired) electrons. The second kappa shape index (κ2) is 4.63. The number of carbonyl (C=O) groups excluding carboxylic acids is 1. The van der Waals surface area contributed by atoms with Gasteiger partial charge in [0, 0.05) is 19.6 Å². The standard InChI is InChI=1S/C12H15NO3/c1-16-12(15)10-4-2-9(3-5-10)6-13-7-11(14)8-13/h2-5,11,14H,6-8H2,1H3. The highest BCUT2D eigenvalue weighted by molar-refractivity contribution is 5.89. The number of rotatable bonds is 3. The largest absolute Gasteiger partial charge is 0.465 e. The maximum atomic E-state index is 11.2. The van der Waals surface area contributed by atoms with Crippen LogP contribution in [0.5, 0.6) is 0 Å². The Balaban J connectivity index is 1.94. The first-order valence-corrected chi connectivity index (χ1v) is 5.26. The predicted octanol–water partition coefficient (Wildman–Crippen LogP) is 0.650. The molecule has 0 aromatic heterocycles. The molecule has 86 valence electrons. The smallest absolute Gasteiger partial charge is 0.337 e. The van der Waals surface area contributed by atoms with Gasteiger partial charge in [0.2, 0.25) is 0 Å². The SMILES string of the molecule is COC(=O)c1ccc(CN2CC(O)C2)cc1. The highest BCUT2D eigenvalue weighted by Crippen LogP contribution is 2.13. The van der Waals surface area contributed by atoms with Crippen molar-refractivity contribution in [1.29, 1.82) is 0 Å². The Kier molecular flexibility index (Phi) is 3.22. The molecule has 0 unspecified atom stereocenters. The van der Waals surface area contributed by atoms with Crippen LogP contribution in [-0.4, -0.2) is 42.3 Å². The fourth-order valence-corrected chi connectivity index (χ4v) is 1.79. The molecule has 0 atom stereocenters. The molecule has 1 saturated heterocycles. The quantitative estimate of drug-likeness (QED) is 0.761. The van der Waals surface area contributed by atoms with Crippen LogP contribution in [0.2, 0.25) is 0 Å². The Hall–Kier alpha value is -1.39. The lowest BCUT2D eigenvalue weighted by atomic mass is 10.1. The van der Waals surface area contributed by atoms with Crippen molar-refractivity contribution in [2.75, 3.05) is 20.2 Å². The number of aliphatic hydroxyl groups excluding tert-OH is 1. The summed E-state index contributed by atoms with van der Waals surface area (Å²) < 4.78 is 4.62. The minimum atomic E-state index is -0.314. The number of likely N-dealkylation sites (tertiary alicyclic amines) is 1. The van der Waals surface area contributed by atoms with Gasteiger partial charge in [-0.05, 0) is 17.7 Å². The van der Waals surface area contributed by atoms with Crippen LogP contribution in [0, 0.1) is 0 Å². The first-order valence-electron chi connectivity index (χ1n) is 5.26. The molecule has 1 N–H and O–H groups in total. The number of hydrogen-bond donors (Lipinski definition) is 1. The normalized spacial score (nSPS) is 16.9. The number of hydrogen-bond acceptors (Lipinski definition) is 4. The minimum absolute atomic E-state index is 0.172. The Bertz CT molecular complexity index is 368. The molecule has 1 fully saturated rings. The fourth-order valence-electron chi connectivity index (χ4n) is 1.79. The zero-order chi connectivity index (χ0) is 11.5. The van der Waals surface area contributed by atoms with E-state index in [0.717, 1.165) is 25.2 Å². The van der Waals surface area contributed by atoms with Gasteiger partial charge < -0.3 is 9.84 Å². The summed E-state index contributed by atoms with van der Waals surface area (Å²) in [6.45, 7) is 2.29. The number of esters is 1. The molecule has 0 aliphatic carbocycles. The van der Waals surface area contributed by atoms with Gasteiger partial charge in [0.1, 0.15) is 0 Å². The van der Waals surface area contributed by atoms with Crippen molar-refractivity contribution in [1.82, 2.24) is 4.90 Å². The Morgan fingerprint density at radius 3 is 2.56 bits per heavy atom. The first kappa shape index (κ1) is 11.1. The number of nitrogens with zero attached hydrogens (tertiary/aromatic N) is 1. The average molecular weight is 221 g/mol. The van der Waals surface area contributed by atoms with Gasteiger partial charge in [0.25, 0.3) is 0 Å². The molecule has 1 heterocycles. The van der Waals surface area contributed by atoms with Gasteiger partial charge >= 0.3 is 5.97 Å². The van der Waals surface area contributed by atoms with Crippen molar-refractivity contribution in [2.45, 2.75) is 12.6 Å². The third-order valence-corrected chi connectivity index (χ3v) is 2.72. The maximum absolute atomic E-state index is 11.2. The topological polar surface area (TPSA) is 49.8 Å². The first-order chi connectivity index (χ1) is 7.69. The molecule has 2 rings (SSSR count). The van der Waals surface area contributed by atoms with Gasteiger partial charge in [-0.1, -0.05) is 12.1 Å². The Morgan fingerprint density at radius 1 is 1.44 bits per heavy atom. The summed E-state index contributed by atoms with van der Waals surface area (Å²) in [5.41, 5.74) is 1.70. The molecule has 0 amide bonds. The predicted molar refractivity (Wildman–Crippen MR) is 59.1 cm³/mol. The van der Waals surface area contributed by atoms with Crippen LogP contribution < -0.4 is 0 Å². The van der Waals surface area contributed by atoms with E-state index in [1.165, 1.54) is 7.11 Å². The summed E-state index contributed by atoms with van der Waals surface area (Å²) in [7, 11) is 1.37. The van der Waals surface area contributed by atoms with Crippen molar-refractivity contribution in [3.8, 4) is 0 Å². The molecule has 1 aliphatic rings. The van der Waals surface area contributed by atoms with Crippen molar-refractivity contribution < 1.29 is 14.6 Å². The summed E-state index contributed by atoms with van der Waals surface area (Å²) in [4.78, 5) is 13.3. The highest BCUT2D eigenvalue weighted by atomic mass is 16.5. The zero-order valence-corrected chi connectivity index (χ0v) is 9.22. The molecule has 0 spiro atoms. The maximum Gasteiger partial charge on any atom is 0.337 e. The van der Waals surface area contributed by atoms with Crippen molar-refractivity contribution in [3.63, 3.8) is 0 Å². The molecule has 0 bridgehead atoms. The van der Waals surface area contributed by atoms with Crippen LogP contribution in [0.4, 0.5) is 0 Å². The summed E-state index contributed by atoms with van der Waals surface area (Å²) in [6, 6.07) is 7.35. The number of carbonyl (C=O) groups is 1. The molecule has 1 aromatic carbocycles. The monoisotopic (exact) mass is 221 g/mol. The van der Waals surface area contributed by atoms with E-state index in [9.17, 15) is 4.79 Å². The van der Waals surface area contributed by atoms with E-state index in [0.29, 0.717) is 5.56 Å². The van der Waals surface area contributed by atoms with Crippen molar-refractivity contribution in [2.24, 2.45) is 0 Å².